The molecule has 0 heterocycles. The number of imide groups is 1. The Balaban J connectivity index is 1.93. The molecule has 1 aliphatic carbocycles. The van der Waals surface area contributed by atoms with Gasteiger partial charge in [-0.15, -0.1) is 0 Å². The highest BCUT2D eigenvalue weighted by Crippen LogP contribution is 2.25. The molecule has 0 saturated heterocycles. The minimum absolute atomic E-state index is 0.217. The summed E-state index contributed by atoms with van der Waals surface area (Å²) in [5, 5.41) is 5.12. The number of methoxy groups -OCH3 is 2. The fraction of sp³-hybridized carbons (Fsp3) is 0.529. The number of carbonyl (C=O) groups excluding carboxylic acids is 2. The molecule has 0 aromatic heterocycles. The molecule has 0 aliphatic heterocycles. The van der Waals surface area contributed by atoms with Crippen LogP contribution in [0.5, 0.6) is 11.5 Å². The molecule has 132 valence electrons. The van der Waals surface area contributed by atoms with Crippen molar-refractivity contribution < 1.29 is 19.1 Å². The Kier molecular flexibility index (Phi) is 6.03. The number of hydrogen-bond donors (Lipinski definition) is 2. The van der Waals surface area contributed by atoms with E-state index in [0.29, 0.717) is 18.0 Å². The number of benzene rings is 1. The second kappa shape index (κ2) is 8.01. The van der Waals surface area contributed by atoms with Gasteiger partial charge in [-0.3, -0.25) is 15.0 Å². The highest BCUT2D eigenvalue weighted by molar-refractivity contribution is 5.96. The molecule has 1 unspecified atom stereocenters. The molecule has 1 atom stereocenters. The van der Waals surface area contributed by atoms with E-state index in [1.54, 1.807) is 27.2 Å². The molecule has 0 bridgehead atoms. The van der Waals surface area contributed by atoms with E-state index in [2.05, 4.69) is 10.6 Å². The van der Waals surface area contributed by atoms with E-state index in [4.69, 9.17) is 9.47 Å². The Bertz CT molecular complexity index is 601. The average molecular weight is 335 g/mol. The molecule has 0 spiro atoms. The summed E-state index contributed by atoms with van der Waals surface area (Å²) in [6.45, 7) is 2.27. The third kappa shape index (κ3) is 4.86. The highest BCUT2D eigenvalue weighted by atomic mass is 16.5. The molecule has 24 heavy (non-hydrogen) atoms. The van der Waals surface area contributed by atoms with Crippen LogP contribution in [0.25, 0.3) is 0 Å². The van der Waals surface area contributed by atoms with Gasteiger partial charge in [0.1, 0.15) is 11.5 Å². The van der Waals surface area contributed by atoms with E-state index in [1.807, 2.05) is 24.1 Å². The number of likely N-dealkylation sites (N-methyl/N-ethyl adjacent to an activating group) is 1. The molecule has 7 nitrogen and oxygen atoms in total. The Hall–Kier alpha value is -2.28. The molecule has 1 aliphatic rings. The number of nitrogens with zero attached hydrogens (tertiary/aromatic N) is 1. The van der Waals surface area contributed by atoms with Gasteiger partial charge in [-0.05, 0) is 32.9 Å². The van der Waals surface area contributed by atoms with Crippen LogP contribution in [-0.2, 0) is 11.3 Å². The van der Waals surface area contributed by atoms with Crippen LogP contribution in [0.1, 0.15) is 25.3 Å². The third-order valence-corrected chi connectivity index (χ3v) is 4.10. The van der Waals surface area contributed by atoms with Crippen molar-refractivity contribution in [2.75, 3.05) is 21.3 Å². The summed E-state index contributed by atoms with van der Waals surface area (Å²) >= 11 is 0. The van der Waals surface area contributed by atoms with Crippen LogP contribution >= 0.6 is 0 Å². The lowest BCUT2D eigenvalue weighted by Gasteiger charge is -2.24. The molecule has 1 fully saturated rings. The van der Waals surface area contributed by atoms with Gasteiger partial charge in [0.2, 0.25) is 5.91 Å². The second-order valence-corrected chi connectivity index (χ2v) is 6.01. The number of hydrogen-bond acceptors (Lipinski definition) is 5. The zero-order valence-electron chi connectivity index (χ0n) is 14.6. The summed E-state index contributed by atoms with van der Waals surface area (Å²) < 4.78 is 10.6. The van der Waals surface area contributed by atoms with Crippen molar-refractivity contribution in [1.29, 1.82) is 0 Å². The maximum atomic E-state index is 12.2. The molecule has 2 N–H and O–H groups in total. The predicted molar refractivity (Wildman–Crippen MR) is 90.2 cm³/mol. The number of nitrogens with one attached hydrogen (secondary N) is 2. The summed E-state index contributed by atoms with van der Waals surface area (Å²) in [7, 11) is 5.02. The predicted octanol–water partition coefficient (Wildman–Crippen LogP) is 1.51. The SMILES string of the molecule is COc1ccc(CN(C)C(C)C(=O)NC(=O)NC2CC2)c(OC)c1. The number of amides is 3. The van der Waals surface area contributed by atoms with Crippen LogP contribution in [0.15, 0.2) is 18.2 Å². The van der Waals surface area contributed by atoms with Crippen LogP contribution in [0, 0.1) is 0 Å². The van der Waals surface area contributed by atoms with Crippen molar-refractivity contribution in [3.8, 4) is 11.5 Å². The summed E-state index contributed by atoms with van der Waals surface area (Å²) in [5.41, 5.74) is 0.933. The Morgan fingerprint density at radius 2 is 2.00 bits per heavy atom. The summed E-state index contributed by atoms with van der Waals surface area (Å²) in [6.07, 6.45) is 1.96. The maximum Gasteiger partial charge on any atom is 0.321 e. The Morgan fingerprint density at radius 1 is 1.29 bits per heavy atom. The number of rotatable bonds is 7. The van der Waals surface area contributed by atoms with E-state index in [-0.39, 0.29) is 11.9 Å². The Labute approximate surface area is 142 Å². The van der Waals surface area contributed by atoms with Crippen LogP contribution in [-0.4, -0.2) is 50.2 Å². The van der Waals surface area contributed by atoms with Crippen molar-refractivity contribution in [3.63, 3.8) is 0 Å². The lowest BCUT2D eigenvalue weighted by atomic mass is 10.1. The summed E-state index contributed by atoms with van der Waals surface area (Å²) in [5.74, 6) is 1.07. The molecule has 1 saturated carbocycles. The maximum absolute atomic E-state index is 12.2. The van der Waals surface area contributed by atoms with E-state index in [9.17, 15) is 9.59 Å². The average Bonchev–Trinajstić information content (AvgIpc) is 3.37. The standard InChI is InChI=1S/C17H25N3O4/c1-11(16(21)19-17(22)18-13-6-7-13)20(2)10-12-5-8-14(23-3)9-15(12)24-4/h5,8-9,11,13H,6-7,10H2,1-4H3,(H2,18,19,21,22). The van der Waals surface area contributed by atoms with Gasteiger partial charge < -0.3 is 14.8 Å². The number of carbonyl (C=O) groups is 2. The molecule has 1 aromatic rings. The molecular weight excluding hydrogens is 310 g/mol. The largest absolute Gasteiger partial charge is 0.497 e. The number of urea groups is 1. The van der Waals surface area contributed by atoms with Gasteiger partial charge in [0.15, 0.2) is 0 Å². The number of ether oxygens (including phenoxy) is 2. The second-order valence-electron chi connectivity index (χ2n) is 6.01. The lowest BCUT2D eigenvalue weighted by Crippen LogP contribution is -2.48. The van der Waals surface area contributed by atoms with Gasteiger partial charge in [0, 0.05) is 24.2 Å². The normalized spacial score (nSPS) is 14.9. The topological polar surface area (TPSA) is 79.9 Å². The van der Waals surface area contributed by atoms with Crippen molar-refractivity contribution in [3.05, 3.63) is 23.8 Å². The molecule has 7 heteroatoms. The zero-order valence-corrected chi connectivity index (χ0v) is 14.6. The van der Waals surface area contributed by atoms with Gasteiger partial charge in [-0.1, -0.05) is 6.07 Å². The molecule has 0 radical (unpaired) electrons. The van der Waals surface area contributed by atoms with Crippen molar-refractivity contribution in [2.24, 2.45) is 0 Å². The zero-order chi connectivity index (χ0) is 17.7. The van der Waals surface area contributed by atoms with Crippen LogP contribution in [0.4, 0.5) is 4.79 Å². The first kappa shape index (κ1) is 18.1. The third-order valence-electron chi connectivity index (χ3n) is 4.10. The molecule has 3 amide bonds. The fourth-order valence-electron chi connectivity index (χ4n) is 2.25. The van der Waals surface area contributed by atoms with Gasteiger partial charge in [-0.25, -0.2) is 4.79 Å². The van der Waals surface area contributed by atoms with Gasteiger partial charge >= 0.3 is 6.03 Å². The van der Waals surface area contributed by atoms with Crippen LogP contribution in [0.3, 0.4) is 0 Å². The van der Waals surface area contributed by atoms with Crippen molar-refractivity contribution in [2.45, 2.75) is 38.4 Å². The van der Waals surface area contributed by atoms with E-state index in [1.165, 1.54) is 0 Å². The fourth-order valence-corrected chi connectivity index (χ4v) is 2.25. The molecular formula is C17H25N3O4. The first-order valence-electron chi connectivity index (χ1n) is 7.97. The van der Waals surface area contributed by atoms with E-state index >= 15 is 0 Å². The molecule has 2 rings (SSSR count). The summed E-state index contributed by atoms with van der Waals surface area (Å²) in [4.78, 5) is 25.7. The first-order chi connectivity index (χ1) is 11.4. The van der Waals surface area contributed by atoms with Crippen LogP contribution in [0.2, 0.25) is 0 Å². The first-order valence-corrected chi connectivity index (χ1v) is 7.97. The highest BCUT2D eigenvalue weighted by Gasteiger charge is 2.26. The minimum Gasteiger partial charge on any atom is -0.497 e. The molecule has 1 aromatic carbocycles. The van der Waals surface area contributed by atoms with Crippen LogP contribution < -0.4 is 20.1 Å². The lowest BCUT2D eigenvalue weighted by molar-refractivity contribution is -0.124. The summed E-state index contributed by atoms with van der Waals surface area (Å²) in [6, 6.07) is 4.88. The smallest absolute Gasteiger partial charge is 0.321 e. The van der Waals surface area contributed by atoms with Crippen molar-refractivity contribution >= 4 is 11.9 Å². The van der Waals surface area contributed by atoms with Gasteiger partial charge in [0.05, 0.1) is 20.3 Å². The van der Waals surface area contributed by atoms with Crippen molar-refractivity contribution in [1.82, 2.24) is 15.5 Å². The van der Waals surface area contributed by atoms with Gasteiger partial charge in [-0.2, -0.15) is 0 Å². The van der Waals surface area contributed by atoms with Gasteiger partial charge in [0.25, 0.3) is 0 Å². The Morgan fingerprint density at radius 3 is 2.58 bits per heavy atom. The minimum atomic E-state index is -0.457. The monoisotopic (exact) mass is 335 g/mol. The quantitative estimate of drug-likeness (QED) is 0.790. The van der Waals surface area contributed by atoms with E-state index in [0.717, 1.165) is 18.4 Å². The van der Waals surface area contributed by atoms with E-state index < -0.39 is 12.1 Å².